The van der Waals surface area contributed by atoms with Crippen LogP contribution in [0.4, 0.5) is 24.5 Å². The summed E-state index contributed by atoms with van der Waals surface area (Å²) in [5, 5.41) is 8.56. The second-order valence-corrected chi connectivity index (χ2v) is 6.44. The monoisotopic (exact) mass is 347 g/mol. The molecule has 0 saturated carbocycles. The maximum Gasteiger partial charge on any atom is 0.416 e. The van der Waals surface area contributed by atoms with Crippen molar-refractivity contribution >= 4 is 17.3 Å². The van der Waals surface area contributed by atoms with E-state index in [2.05, 4.69) is 0 Å². The highest BCUT2D eigenvalue weighted by Crippen LogP contribution is 2.35. The van der Waals surface area contributed by atoms with Gasteiger partial charge in [0.15, 0.2) is 0 Å². The molecule has 1 N–H and O–H groups in total. The van der Waals surface area contributed by atoms with Gasteiger partial charge in [0, 0.05) is 17.9 Å². The Bertz CT molecular complexity index is 794. The number of para-hydroxylation sites is 1. The molecule has 25 heavy (non-hydrogen) atoms. The minimum absolute atomic E-state index is 0.0122. The summed E-state index contributed by atoms with van der Waals surface area (Å²) in [6.45, 7) is 6.41. The van der Waals surface area contributed by atoms with Crippen LogP contribution in [0.1, 0.15) is 23.6 Å². The molecule has 1 fully saturated rings. The second-order valence-electron chi connectivity index (χ2n) is 6.44. The molecule has 132 valence electrons. The molecule has 3 nitrogen and oxygen atoms in total. The van der Waals surface area contributed by atoms with Gasteiger partial charge in [-0.2, -0.15) is 13.2 Å². The predicted molar refractivity (Wildman–Crippen MR) is 94.4 cm³/mol. The van der Waals surface area contributed by atoms with E-state index in [4.69, 9.17) is 5.41 Å². The minimum atomic E-state index is -4.39. The van der Waals surface area contributed by atoms with Crippen molar-refractivity contribution in [2.75, 3.05) is 16.3 Å². The van der Waals surface area contributed by atoms with Crippen LogP contribution in [0.25, 0.3) is 0 Å². The standard InChI is InChI=1S/C19H20F3N3/c1-12-6-4-7-13(2)17(12)25-14(3)11-24(18(25)23)16-9-5-8-15(10-16)19(20,21)22/h4-10,14,23H,11H2,1-3H3. The van der Waals surface area contributed by atoms with Gasteiger partial charge in [0.05, 0.1) is 11.6 Å². The lowest BCUT2D eigenvalue weighted by atomic mass is 10.1. The molecule has 1 unspecified atom stereocenters. The van der Waals surface area contributed by atoms with E-state index < -0.39 is 11.7 Å². The second kappa shape index (κ2) is 6.10. The smallest absolute Gasteiger partial charge is 0.310 e. The molecule has 0 spiro atoms. The van der Waals surface area contributed by atoms with Gasteiger partial charge in [0.2, 0.25) is 5.96 Å². The maximum atomic E-state index is 13.0. The van der Waals surface area contributed by atoms with Crippen LogP contribution in [0.5, 0.6) is 0 Å². The molecular formula is C19H20F3N3. The molecule has 1 saturated heterocycles. The summed E-state index contributed by atoms with van der Waals surface area (Å²) in [7, 11) is 0. The fourth-order valence-electron chi connectivity index (χ4n) is 3.36. The summed E-state index contributed by atoms with van der Waals surface area (Å²) in [4.78, 5) is 3.52. The molecule has 6 heteroatoms. The number of aryl methyl sites for hydroxylation is 2. The minimum Gasteiger partial charge on any atom is -0.310 e. The Morgan fingerprint density at radius 2 is 1.64 bits per heavy atom. The first-order valence-electron chi connectivity index (χ1n) is 8.09. The van der Waals surface area contributed by atoms with Crippen LogP contribution in [-0.2, 0) is 6.18 Å². The van der Waals surface area contributed by atoms with E-state index in [1.807, 2.05) is 43.9 Å². The van der Waals surface area contributed by atoms with Gasteiger partial charge >= 0.3 is 6.18 Å². The van der Waals surface area contributed by atoms with Gasteiger partial charge in [-0.25, -0.2) is 0 Å². The molecule has 0 bridgehead atoms. The SMILES string of the molecule is Cc1cccc(C)c1N1C(=N)N(c2cccc(C(F)(F)F)c2)CC1C. The van der Waals surface area contributed by atoms with E-state index in [-0.39, 0.29) is 12.0 Å². The molecule has 1 aliphatic rings. The first-order valence-corrected chi connectivity index (χ1v) is 8.09. The van der Waals surface area contributed by atoms with Crippen molar-refractivity contribution in [1.82, 2.24) is 0 Å². The van der Waals surface area contributed by atoms with E-state index in [9.17, 15) is 13.2 Å². The molecule has 1 heterocycles. The van der Waals surface area contributed by atoms with Crippen LogP contribution in [0.3, 0.4) is 0 Å². The topological polar surface area (TPSA) is 30.3 Å². The molecule has 1 atom stereocenters. The van der Waals surface area contributed by atoms with E-state index in [1.165, 1.54) is 6.07 Å². The van der Waals surface area contributed by atoms with E-state index in [1.54, 1.807) is 11.0 Å². The third kappa shape index (κ3) is 3.08. The Morgan fingerprint density at radius 3 is 2.24 bits per heavy atom. The Hall–Kier alpha value is -2.50. The predicted octanol–water partition coefficient (Wildman–Crippen LogP) is 4.97. The normalized spacial score (nSPS) is 18.2. The number of nitrogens with zero attached hydrogens (tertiary/aromatic N) is 2. The maximum absolute atomic E-state index is 13.0. The molecule has 3 rings (SSSR count). The number of anilines is 2. The molecule has 2 aromatic rings. The zero-order valence-electron chi connectivity index (χ0n) is 14.4. The van der Waals surface area contributed by atoms with Gasteiger partial charge in [-0.05, 0) is 50.1 Å². The lowest BCUT2D eigenvalue weighted by Gasteiger charge is -2.27. The highest BCUT2D eigenvalue weighted by Gasteiger charge is 2.36. The first-order chi connectivity index (χ1) is 11.7. The third-order valence-electron chi connectivity index (χ3n) is 4.54. The van der Waals surface area contributed by atoms with Crippen molar-refractivity contribution in [3.05, 3.63) is 59.2 Å². The average Bonchev–Trinajstić information content (AvgIpc) is 2.82. The van der Waals surface area contributed by atoms with Crippen LogP contribution in [-0.4, -0.2) is 18.5 Å². The fourth-order valence-corrected chi connectivity index (χ4v) is 3.36. The quantitative estimate of drug-likeness (QED) is 0.831. The highest BCUT2D eigenvalue weighted by molar-refractivity contribution is 6.09. The van der Waals surface area contributed by atoms with Gasteiger partial charge < -0.3 is 9.80 Å². The highest BCUT2D eigenvalue weighted by atomic mass is 19.4. The average molecular weight is 347 g/mol. The largest absolute Gasteiger partial charge is 0.416 e. The number of halogens is 3. The van der Waals surface area contributed by atoms with Crippen molar-refractivity contribution in [1.29, 1.82) is 5.41 Å². The van der Waals surface area contributed by atoms with Crippen molar-refractivity contribution in [3.8, 4) is 0 Å². The molecule has 0 aliphatic carbocycles. The van der Waals surface area contributed by atoms with Crippen molar-refractivity contribution in [2.24, 2.45) is 0 Å². The summed E-state index contributed by atoms with van der Waals surface area (Å²) in [6.07, 6.45) is -4.39. The van der Waals surface area contributed by atoms with Crippen LogP contribution in [0.2, 0.25) is 0 Å². The third-order valence-corrected chi connectivity index (χ3v) is 4.54. The molecule has 1 aliphatic heterocycles. The van der Waals surface area contributed by atoms with Crippen LogP contribution < -0.4 is 9.80 Å². The molecule has 0 amide bonds. The number of rotatable bonds is 2. The summed E-state index contributed by atoms with van der Waals surface area (Å²) in [5.41, 5.74) is 2.73. The number of hydrogen-bond acceptors (Lipinski definition) is 1. The Kier molecular flexibility index (Phi) is 4.22. The molecule has 2 aromatic carbocycles. The van der Waals surface area contributed by atoms with Gasteiger partial charge in [0.1, 0.15) is 0 Å². The summed E-state index contributed by atoms with van der Waals surface area (Å²) >= 11 is 0. The van der Waals surface area contributed by atoms with Crippen LogP contribution >= 0.6 is 0 Å². The number of benzene rings is 2. The lowest BCUT2D eigenvalue weighted by Crippen LogP contribution is -2.35. The first kappa shape index (κ1) is 17.3. The molecule has 0 aromatic heterocycles. The Morgan fingerprint density at radius 1 is 1.04 bits per heavy atom. The zero-order valence-corrected chi connectivity index (χ0v) is 14.4. The van der Waals surface area contributed by atoms with Gasteiger partial charge in [0.25, 0.3) is 0 Å². The van der Waals surface area contributed by atoms with E-state index in [0.717, 1.165) is 28.9 Å². The van der Waals surface area contributed by atoms with Crippen LogP contribution in [0.15, 0.2) is 42.5 Å². The van der Waals surface area contributed by atoms with Crippen molar-refractivity contribution in [3.63, 3.8) is 0 Å². The zero-order chi connectivity index (χ0) is 18.4. The number of nitrogens with one attached hydrogen (secondary N) is 1. The Balaban J connectivity index is 1.99. The number of alkyl halides is 3. The molecule has 0 radical (unpaired) electrons. The van der Waals surface area contributed by atoms with Gasteiger partial charge in [-0.3, -0.25) is 5.41 Å². The fraction of sp³-hybridized carbons (Fsp3) is 0.316. The molecular weight excluding hydrogens is 327 g/mol. The summed E-state index contributed by atoms with van der Waals surface area (Å²) in [5.74, 6) is 0.198. The number of guanidine groups is 1. The Labute approximate surface area is 145 Å². The van der Waals surface area contributed by atoms with Crippen LogP contribution in [0, 0.1) is 19.3 Å². The number of hydrogen-bond donors (Lipinski definition) is 1. The van der Waals surface area contributed by atoms with Crippen molar-refractivity contribution in [2.45, 2.75) is 33.0 Å². The van der Waals surface area contributed by atoms with Gasteiger partial charge in [-0.1, -0.05) is 24.3 Å². The van der Waals surface area contributed by atoms with Crippen molar-refractivity contribution < 1.29 is 13.2 Å². The summed E-state index contributed by atoms with van der Waals surface area (Å²) in [6, 6.07) is 11.1. The van der Waals surface area contributed by atoms with E-state index in [0.29, 0.717) is 12.2 Å². The van der Waals surface area contributed by atoms with E-state index >= 15 is 0 Å². The van der Waals surface area contributed by atoms with Gasteiger partial charge in [-0.15, -0.1) is 0 Å². The summed E-state index contributed by atoms with van der Waals surface area (Å²) < 4.78 is 39.0. The lowest BCUT2D eigenvalue weighted by molar-refractivity contribution is -0.137.